The van der Waals surface area contributed by atoms with Crippen molar-refractivity contribution in [2.75, 3.05) is 20.3 Å². The molecule has 0 saturated carbocycles. The molecule has 0 atom stereocenters. The second-order valence-electron chi connectivity index (χ2n) is 3.20. The number of benzene rings is 1. The van der Waals surface area contributed by atoms with E-state index in [0.717, 1.165) is 12.0 Å². The molecule has 0 bridgehead atoms. The zero-order valence-electron chi connectivity index (χ0n) is 8.62. The van der Waals surface area contributed by atoms with Crippen LogP contribution in [0.2, 0.25) is 0 Å². The standard InChI is InChI=1S/C11H16O3/c1-9-6-10(12)8-11(7-9)14-5-3-4-13-2/h6-8,12H,3-5H2,1-2H3. The van der Waals surface area contributed by atoms with Crippen LogP contribution in [-0.2, 0) is 4.74 Å². The number of phenols is 1. The third-order valence-electron chi connectivity index (χ3n) is 1.80. The molecular formula is C11H16O3. The fraction of sp³-hybridized carbons (Fsp3) is 0.455. The van der Waals surface area contributed by atoms with E-state index in [2.05, 4.69) is 0 Å². The maximum atomic E-state index is 9.29. The summed E-state index contributed by atoms with van der Waals surface area (Å²) >= 11 is 0. The Hall–Kier alpha value is -1.22. The molecule has 0 saturated heterocycles. The molecule has 1 aromatic carbocycles. The predicted octanol–water partition coefficient (Wildman–Crippen LogP) is 2.12. The van der Waals surface area contributed by atoms with Crippen LogP contribution in [0.25, 0.3) is 0 Å². The van der Waals surface area contributed by atoms with Gasteiger partial charge in [-0.3, -0.25) is 0 Å². The Morgan fingerprint density at radius 3 is 2.64 bits per heavy atom. The number of phenolic OH excluding ortho intramolecular Hbond substituents is 1. The highest BCUT2D eigenvalue weighted by molar-refractivity contribution is 5.36. The quantitative estimate of drug-likeness (QED) is 0.733. The first-order valence-electron chi connectivity index (χ1n) is 4.65. The molecule has 0 spiro atoms. The molecule has 0 radical (unpaired) electrons. The molecule has 0 heterocycles. The van der Waals surface area contributed by atoms with E-state index >= 15 is 0 Å². The van der Waals surface area contributed by atoms with E-state index < -0.39 is 0 Å². The van der Waals surface area contributed by atoms with E-state index in [1.165, 1.54) is 0 Å². The van der Waals surface area contributed by atoms with Crippen LogP contribution in [0, 0.1) is 6.92 Å². The number of rotatable bonds is 5. The smallest absolute Gasteiger partial charge is 0.123 e. The average molecular weight is 196 g/mol. The SMILES string of the molecule is COCCCOc1cc(C)cc(O)c1. The highest BCUT2D eigenvalue weighted by Gasteiger charge is 1.97. The minimum absolute atomic E-state index is 0.242. The lowest BCUT2D eigenvalue weighted by Crippen LogP contribution is -2.01. The van der Waals surface area contributed by atoms with Crippen LogP contribution in [0.4, 0.5) is 0 Å². The van der Waals surface area contributed by atoms with Gasteiger partial charge in [0.15, 0.2) is 0 Å². The summed E-state index contributed by atoms with van der Waals surface area (Å²) in [6.07, 6.45) is 0.852. The highest BCUT2D eigenvalue weighted by Crippen LogP contribution is 2.21. The van der Waals surface area contributed by atoms with Crippen LogP contribution in [-0.4, -0.2) is 25.4 Å². The number of ether oxygens (including phenoxy) is 2. The van der Waals surface area contributed by atoms with Gasteiger partial charge >= 0.3 is 0 Å². The Morgan fingerprint density at radius 2 is 2.00 bits per heavy atom. The van der Waals surface area contributed by atoms with Crippen molar-refractivity contribution in [3.05, 3.63) is 23.8 Å². The van der Waals surface area contributed by atoms with Crippen molar-refractivity contribution < 1.29 is 14.6 Å². The number of aromatic hydroxyl groups is 1. The lowest BCUT2D eigenvalue weighted by atomic mass is 10.2. The highest BCUT2D eigenvalue weighted by atomic mass is 16.5. The van der Waals surface area contributed by atoms with Gasteiger partial charge in [-0.15, -0.1) is 0 Å². The van der Waals surface area contributed by atoms with Gasteiger partial charge in [-0.2, -0.15) is 0 Å². The van der Waals surface area contributed by atoms with Gasteiger partial charge in [-0.25, -0.2) is 0 Å². The van der Waals surface area contributed by atoms with Gasteiger partial charge in [-0.05, 0) is 24.6 Å². The van der Waals surface area contributed by atoms with Gasteiger partial charge < -0.3 is 14.6 Å². The molecule has 1 aromatic rings. The van der Waals surface area contributed by atoms with Crippen LogP contribution in [0.3, 0.4) is 0 Å². The number of hydrogen-bond acceptors (Lipinski definition) is 3. The average Bonchev–Trinajstić information content (AvgIpc) is 2.11. The summed E-state index contributed by atoms with van der Waals surface area (Å²) in [7, 11) is 1.67. The molecule has 0 aromatic heterocycles. The van der Waals surface area contributed by atoms with E-state index in [0.29, 0.717) is 19.0 Å². The molecule has 1 N–H and O–H groups in total. The molecular weight excluding hydrogens is 180 g/mol. The van der Waals surface area contributed by atoms with Crippen LogP contribution in [0.15, 0.2) is 18.2 Å². The molecule has 1 rings (SSSR count). The Bertz CT molecular complexity index is 264. The third-order valence-corrected chi connectivity index (χ3v) is 1.80. The molecule has 14 heavy (non-hydrogen) atoms. The Morgan fingerprint density at radius 1 is 1.21 bits per heavy atom. The molecule has 0 aliphatic rings. The van der Waals surface area contributed by atoms with E-state index in [9.17, 15) is 5.11 Å². The molecule has 3 heteroatoms. The van der Waals surface area contributed by atoms with E-state index in [1.54, 1.807) is 19.2 Å². The van der Waals surface area contributed by atoms with Crippen LogP contribution in [0.1, 0.15) is 12.0 Å². The lowest BCUT2D eigenvalue weighted by Gasteiger charge is -2.07. The topological polar surface area (TPSA) is 38.7 Å². The fourth-order valence-corrected chi connectivity index (χ4v) is 1.21. The summed E-state index contributed by atoms with van der Waals surface area (Å²) < 4.78 is 10.3. The first kappa shape index (κ1) is 10.9. The summed E-state index contributed by atoms with van der Waals surface area (Å²) in [4.78, 5) is 0. The van der Waals surface area contributed by atoms with Crippen LogP contribution < -0.4 is 4.74 Å². The van der Waals surface area contributed by atoms with E-state index in [1.807, 2.05) is 13.0 Å². The summed E-state index contributed by atoms with van der Waals surface area (Å²) in [6.45, 7) is 3.22. The van der Waals surface area contributed by atoms with Crippen molar-refractivity contribution in [2.45, 2.75) is 13.3 Å². The molecule has 0 aliphatic carbocycles. The Labute approximate surface area is 84.3 Å². The van der Waals surface area contributed by atoms with Crippen LogP contribution >= 0.6 is 0 Å². The molecule has 0 amide bonds. The first-order valence-corrected chi connectivity index (χ1v) is 4.65. The van der Waals surface area contributed by atoms with E-state index in [4.69, 9.17) is 9.47 Å². The fourth-order valence-electron chi connectivity index (χ4n) is 1.21. The van der Waals surface area contributed by atoms with Gasteiger partial charge in [0.1, 0.15) is 11.5 Å². The normalized spacial score (nSPS) is 10.1. The first-order chi connectivity index (χ1) is 6.72. The minimum Gasteiger partial charge on any atom is -0.508 e. The summed E-state index contributed by atoms with van der Waals surface area (Å²) in [5.74, 6) is 0.949. The number of aryl methyl sites for hydroxylation is 1. The molecule has 0 unspecified atom stereocenters. The van der Waals surface area contributed by atoms with Crippen molar-refractivity contribution in [3.63, 3.8) is 0 Å². The zero-order valence-corrected chi connectivity index (χ0v) is 8.62. The van der Waals surface area contributed by atoms with Crippen molar-refractivity contribution in [3.8, 4) is 11.5 Å². The minimum atomic E-state index is 0.242. The second kappa shape index (κ2) is 5.50. The maximum absolute atomic E-state index is 9.29. The summed E-state index contributed by atoms with van der Waals surface area (Å²) in [5, 5.41) is 9.29. The van der Waals surface area contributed by atoms with Crippen LogP contribution in [0.5, 0.6) is 11.5 Å². The maximum Gasteiger partial charge on any atom is 0.123 e. The molecule has 0 fully saturated rings. The lowest BCUT2D eigenvalue weighted by molar-refractivity contribution is 0.172. The second-order valence-corrected chi connectivity index (χ2v) is 3.20. The van der Waals surface area contributed by atoms with Crippen molar-refractivity contribution >= 4 is 0 Å². The van der Waals surface area contributed by atoms with Crippen molar-refractivity contribution in [2.24, 2.45) is 0 Å². The Balaban J connectivity index is 2.42. The number of hydrogen-bond donors (Lipinski definition) is 1. The molecule has 3 nitrogen and oxygen atoms in total. The Kier molecular flexibility index (Phi) is 4.26. The number of methoxy groups -OCH3 is 1. The van der Waals surface area contributed by atoms with Crippen molar-refractivity contribution in [1.82, 2.24) is 0 Å². The van der Waals surface area contributed by atoms with Crippen molar-refractivity contribution in [1.29, 1.82) is 0 Å². The molecule has 78 valence electrons. The van der Waals surface area contributed by atoms with Gasteiger partial charge in [0.2, 0.25) is 0 Å². The van der Waals surface area contributed by atoms with E-state index in [-0.39, 0.29) is 5.75 Å². The summed E-state index contributed by atoms with van der Waals surface area (Å²) in [5.41, 5.74) is 0.992. The third kappa shape index (κ3) is 3.66. The largest absolute Gasteiger partial charge is 0.508 e. The zero-order chi connectivity index (χ0) is 10.4. The van der Waals surface area contributed by atoms with Gasteiger partial charge in [0.25, 0.3) is 0 Å². The van der Waals surface area contributed by atoms with Gasteiger partial charge in [-0.1, -0.05) is 0 Å². The molecule has 0 aliphatic heterocycles. The monoisotopic (exact) mass is 196 g/mol. The van der Waals surface area contributed by atoms with Gasteiger partial charge in [0, 0.05) is 26.2 Å². The van der Waals surface area contributed by atoms with Gasteiger partial charge in [0.05, 0.1) is 6.61 Å². The predicted molar refractivity (Wildman–Crippen MR) is 54.8 cm³/mol. The summed E-state index contributed by atoms with van der Waals surface area (Å²) in [6, 6.07) is 5.20.